The molecule has 0 aliphatic heterocycles. The standard InChI is InChI=1S/C19H18F2N4O3S/c1-29(27,28)25(16-6-7-17(20)18(21)10-16)12-19(26)23-11-14-2-4-15(5-3-14)24-9-8-22-13-24/h2-10,13H,11-12H2,1H3,(H,23,26). The maximum Gasteiger partial charge on any atom is 0.241 e. The summed E-state index contributed by atoms with van der Waals surface area (Å²) >= 11 is 0. The van der Waals surface area contributed by atoms with Crippen LogP contribution in [0.2, 0.25) is 0 Å². The molecule has 3 rings (SSSR count). The normalized spacial score (nSPS) is 11.3. The van der Waals surface area contributed by atoms with Crippen molar-refractivity contribution >= 4 is 21.6 Å². The zero-order chi connectivity index (χ0) is 21.0. The van der Waals surface area contributed by atoms with Gasteiger partial charge in [-0.15, -0.1) is 0 Å². The van der Waals surface area contributed by atoms with Crippen molar-refractivity contribution in [3.05, 3.63) is 78.4 Å². The van der Waals surface area contributed by atoms with Crippen LogP contribution >= 0.6 is 0 Å². The molecule has 0 unspecified atom stereocenters. The van der Waals surface area contributed by atoms with Gasteiger partial charge in [0, 0.05) is 30.7 Å². The lowest BCUT2D eigenvalue weighted by Gasteiger charge is -2.22. The molecule has 0 fully saturated rings. The summed E-state index contributed by atoms with van der Waals surface area (Å²) in [5.41, 5.74) is 1.58. The third-order valence-electron chi connectivity index (χ3n) is 4.11. The highest BCUT2D eigenvalue weighted by atomic mass is 32.2. The topological polar surface area (TPSA) is 84.3 Å². The summed E-state index contributed by atoms with van der Waals surface area (Å²) in [6, 6.07) is 9.99. The van der Waals surface area contributed by atoms with E-state index in [9.17, 15) is 22.0 Å². The van der Waals surface area contributed by atoms with Gasteiger partial charge in [0.2, 0.25) is 15.9 Å². The van der Waals surface area contributed by atoms with Crippen LogP contribution in [-0.2, 0) is 21.4 Å². The van der Waals surface area contributed by atoms with Crippen LogP contribution in [0, 0.1) is 11.6 Å². The van der Waals surface area contributed by atoms with Gasteiger partial charge >= 0.3 is 0 Å². The van der Waals surface area contributed by atoms with Gasteiger partial charge in [0.15, 0.2) is 11.6 Å². The van der Waals surface area contributed by atoms with Gasteiger partial charge in [0.25, 0.3) is 0 Å². The molecule has 0 atom stereocenters. The summed E-state index contributed by atoms with van der Waals surface area (Å²) in [6.07, 6.45) is 6.01. The van der Waals surface area contributed by atoms with Crippen molar-refractivity contribution in [2.24, 2.45) is 0 Å². The lowest BCUT2D eigenvalue weighted by atomic mass is 10.2. The first kappa shape index (κ1) is 20.5. The van der Waals surface area contributed by atoms with Gasteiger partial charge in [-0.2, -0.15) is 0 Å². The monoisotopic (exact) mass is 420 g/mol. The number of aromatic nitrogens is 2. The minimum Gasteiger partial charge on any atom is -0.350 e. The molecule has 152 valence electrons. The van der Waals surface area contributed by atoms with Gasteiger partial charge < -0.3 is 9.88 Å². The quantitative estimate of drug-likeness (QED) is 0.635. The number of nitrogens with zero attached hydrogens (tertiary/aromatic N) is 3. The average molecular weight is 420 g/mol. The molecule has 1 aromatic heterocycles. The zero-order valence-corrected chi connectivity index (χ0v) is 16.2. The fourth-order valence-electron chi connectivity index (χ4n) is 2.62. The van der Waals surface area contributed by atoms with E-state index in [1.54, 1.807) is 18.7 Å². The van der Waals surface area contributed by atoms with Crippen molar-refractivity contribution in [3.8, 4) is 5.69 Å². The lowest BCUT2D eigenvalue weighted by Crippen LogP contribution is -2.40. The minimum absolute atomic E-state index is 0.133. The number of rotatable bonds is 7. The van der Waals surface area contributed by atoms with Crippen LogP contribution in [0.5, 0.6) is 0 Å². The minimum atomic E-state index is -3.88. The largest absolute Gasteiger partial charge is 0.350 e. The Hall–Kier alpha value is -3.27. The highest BCUT2D eigenvalue weighted by Gasteiger charge is 2.22. The number of carbonyl (C=O) groups excluding carboxylic acids is 1. The smallest absolute Gasteiger partial charge is 0.241 e. The number of nitrogens with one attached hydrogen (secondary N) is 1. The van der Waals surface area contributed by atoms with Crippen molar-refractivity contribution < 1.29 is 22.0 Å². The SMILES string of the molecule is CS(=O)(=O)N(CC(=O)NCc1ccc(-n2ccnc2)cc1)c1ccc(F)c(F)c1. The number of sulfonamides is 1. The molecule has 2 aromatic carbocycles. The van der Waals surface area contributed by atoms with E-state index in [0.717, 1.165) is 35.7 Å². The van der Waals surface area contributed by atoms with E-state index in [4.69, 9.17) is 0 Å². The number of anilines is 1. The first-order valence-corrected chi connectivity index (χ1v) is 10.4. The van der Waals surface area contributed by atoms with Crippen molar-refractivity contribution in [2.45, 2.75) is 6.54 Å². The lowest BCUT2D eigenvalue weighted by molar-refractivity contribution is -0.119. The molecule has 0 radical (unpaired) electrons. The highest BCUT2D eigenvalue weighted by molar-refractivity contribution is 7.92. The van der Waals surface area contributed by atoms with Crippen LogP contribution in [0.25, 0.3) is 5.69 Å². The van der Waals surface area contributed by atoms with E-state index >= 15 is 0 Å². The summed E-state index contributed by atoms with van der Waals surface area (Å²) < 4.78 is 53.2. The zero-order valence-electron chi connectivity index (χ0n) is 15.4. The third kappa shape index (κ3) is 5.17. The Balaban J connectivity index is 1.65. The first-order chi connectivity index (χ1) is 13.7. The summed E-state index contributed by atoms with van der Waals surface area (Å²) in [6.45, 7) is -0.380. The fraction of sp³-hybridized carbons (Fsp3) is 0.158. The molecule has 0 bridgehead atoms. The fourth-order valence-corrected chi connectivity index (χ4v) is 3.47. The first-order valence-electron chi connectivity index (χ1n) is 8.51. The Bertz CT molecular complexity index is 1100. The predicted molar refractivity (Wildman–Crippen MR) is 104 cm³/mol. The molecule has 0 saturated heterocycles. The van der Waals surface area contributed by atoms with Crippen molar-refractivity contribution in [1.29, 1.82) is 0 Å². The molecule has 0 aliphatic carbocycles. The molecule has 29 heavy (non-hydrogen) atoms. The third-order valence-corrected chi connectivity index (χ3v) is 5.25. The number of halogens is 2. The van der Waals surface area contributed by atoms with Gasteiger partial charge in [-0.05, 0) is 29.8 Å². The van der Waals surface area contributed by atoms with Crippen LogP contribution in [0.4, 0.5) is 14.5 Å². The van der Waals surface area contributed by atoms with Gasteiger partial charge in [0.05, 0.1) is 18.3 Å². The Morgan fingerprint density at radius 2 is 1.86 bits per heavy atom. The number of hydrogen-bond acceptors (Lipinski definition) is 4. The van der Waals surface area contributed by atoms with Crippen LogP contribution in [0.3, 0.4) is 0 Å². The van der Waals surface area contributed by atoms with Crippen molar-refractivity contribution in [3.63, 3.8) is 0 Å². The van der Waals surface area contributed by atoms with Gasteiger partial charge in [0.1, 0.15) is 6.54 Å². The Morgan fingerprint density at radius 1 is 1.14 bits per heavy atom. The van der Waals surface area contributed by atoms with Crippen LogP contribution in [0.1, 0.15) is 5.56 Å². The van der Waals surface area contributed by atoms with Crippen LogP contribution in [-0.4, -0.2) is 36.7 Å². The summed E-state index contributed by atoms with van der Waals surface area (Å²) in [4.78, 5) is 16.2. The van der Waals surface area contributed by atoms with Crippen molar-refractivity contribution in [2.75, 3.05) is 17.1 Å². The Kier molecular flexibility index (Phi) is 5.92. The van der Waals surface area contributed by atoms with Gasteiger partial charge in [-0.3, -0.25) is 9.10 Å². The number of amides is 1. The van der Waals surface area contributed by atoms with Crippen molar-refractivity contribution in [1.82, 2.24) is 14.9 Å². The molecule has 0 aliphatic rings. The molecular weight excluding hydrogens is 402 g/mol. The van der Waals surface area contributed by atoms with E-state index in [1.807, 2.05) is 28.8 Å². The van der Waals surface area contributed by atoms with Crippen LogP contribution < -0.4 is 9.62 Å². The Morgan fingerprint density at radius 3 is 2.45 bits per heavy atom. The van der Waals surface area contributed by atoms with E-state index in [1.165, 1.54) is 0 Å². The number of hydrogen-bond donors (Lipinski definition) is 1. The second kappa shape index (κ2) is 8.39. The maximum absolute atomic E-state index is 13.5. The van der Waals surface area contributed by atoms with E-state index in [2.05, 4.69) is 10.3 Å². The molecule has 1 amide bonds. The molecule has 7 nitrogen and oxygen atoms in total. The molecule has 0 spiro atoms. The molecule has 3 aromatic rings. The molecular formula is C19H18F2N4O3S. The number of benzene rings is 2. The Labute approximate surface area is 166 Å². The summed E-state index contributed by atoms with van der Waals surface area (Å²) in [7, 11) is -3.88. The highest BCUT2D eigenvalue weighted by Crippen LogP contribution is 2.20. The molecule has 1 heterocycles. The van der Waals surface area contributed by atoms with Gasteiger partial charge in [-0.25, -0.2) is 22.2 Å². The summed E-state index contributed by atoms with van der Waals surface area (Å²) in [5, 5.41) is 2.62. The summed E-state index contributed by atoms with van der Waals surface area (Å²) in [5.74, 6) is -2.89. The second-order valence-corrected chi connectivity index (χ2v) is 8.19. The second-order valence-electron chi connectivity index (χ2n) is 6.28. The van der Waals surface area contributed by atoms with Gasteiger partial charge in [-0.1, -0.05) is 12.1 Å². The predicted octanol–water partition coefficient (Wildman–Crippen LogP) is 2.23. The van der Waals surface area contributed by atoms with Crippen LogP contribution in [0.15, 0.2) is 61.2 Å². The molecule has 10 heteroatoms. The van der Waals surface area contributed by atoms with E-state index in [0.29, 0.717) is 4.31 Å². The number of carbonyl (C=O) groups is 1. The molecule has 0 saturated carbocycles. The maximum atomic E-state index is 13.5. The van der Waals surface area contributed by atoms with E-state index < -0.39 is 34.1 Å². The number of imidazole rings is 1. The average Bonchev–Trinajstić information content (AvgIpc) is 3.21. The van der Waals surface area contributed by atoms with E-state index in [-0.39, 0.29) is 12.2 Å². The molecule has 1 N–H and O–H groups in total.